The molecule has 0 aliphatic heterocycles. The van der Waals surface area contributed by atoms with E-state index in [4.69, 9.17) is 4.74 Å². The second-order valence-electron chi connectivity index (χ2n) is 4.40. The molecule has 0 atom stereocenters. The Morgan fingerprint density at radius 1 is 1.22 bits per heavy atom. The highest BCUT2D eigenvalue weighted by Crippen LogP contribution is 2.11. The summed E-state index contributed by atoms with van der Waals surface area (Å²) in [5.41, 5.74) is 4.58. The number of hydrazine groups is 1. The Morgan fingerprint density at radius 3 is 2.65 bits per heavy atom. The number of rotatable bonds is 7. The summed E-state index contributed by atoms with van der Waals surface area (Å²) in [4.78, 5) is 27.3. The lowest BCUT2D eigenvalue weighted by Gasteiger charge is -2.08. The maximum absolute atomic E-state index is 11.6. The van der Waals surface area contributed by atoms with Crippen LogP contribution < -0.4 is 15.6 Å². The maximum atomic E-state index is 11.6. The third-order valence-corrected chi connectivity index (χ3v) is 3.48. The number of aromatic nitrogens is 3. The van der Waals surface area contributed by atoms with E-state index in [9.17, 15) is 9.59 Å². The van der Waals surface area contributed by atoms with Crippen molar-refractivity contribution in [1.82, 2.24) is 26.0 Å². The quantitative estimate of drug-likeness (QED) is 0.507. The third-order valence-electron chi connectivity index (χ3n) is 2.63. The number of carbonyl (C=O) groups is 2. The van der Waals surface area contributed by atoms with E-state index in [0.29, 0.717) is 10.9 Å². The molecule has 2 amide bonds. The molecule has 1 aromatic carbocycles. The normalized spacial score (nSPS) is 10.1. The molecule has 1 aromatic heterocycles. The van der Waals surface area contributed by atoms with Gasteiger partial charge in [0.25, 0.3) is 5.91 Å². The molecule has 0 unspecified atom stereocenters. The van der Waals surface area contributed by atoms with Gasteiger partial charge in [0.05, 0.1) is 5.75 Å². The van der Waals surface area contributed by atoms with Gasteiger partial charge in [-0.05, 0) is 12.1 Å². The summed E-state index contributed by atoms with van der Waals surface area (Å²) < 4.78 is 5.25. The number of para-hydroxylation sites is 1. The Bertz CT molecular complexity index is 647. The summed E-state index contributed by atoms with van der Waals surface area (Å²) in [6.45, 7) is 1.77. The molecule has 0 radical (unpaired) electrons. The molecule has 0 fully saturated rings. The van der Waals surface area contributed by atoms with Gasteiger partial charge in [-0.3, -0.25) is 25.5 Å². The van der Waals surface area contributed by atoms with Gasteiger partial charge in [-0.25, -0.2) is 4.98 Å². The first-order chi connectivity index (χ1) is 11.2. The Hall–Kier alpha value is -2.55. The van der Waals surface area contributed by atoms with Crippen LogP contribution in [-0.4, -0.2) is 39.4 Å². The zero-order valence-corrected chi connectivity index (χ0v) is 13.4. The highest BCUT2D eigenvalue weighted by atomic mass is 32.2. The fourth-order valence-electron chi connectivity index (χ4n) is 1.51. The fourth-order valence-corrected chi connectivity index (χ4v) is 2.13. The zero-order chi connectivity index (χ0) is 16.5. The molecule has 0 saturated carbocycles. The highest BCUT2D eigenvalue weighted by Gasteiger charge is 2.08. The number of hydrogen-bond donors (Lipinski definition) is 3. The first kappa shape index (κ1) is 16.8. The van der Waals surface area contributed by atoms with Gasteiger partial charge in [0.2, 0.25) is 11.1 Å². The van der Waals surface area contributed by atoms with Crippen molar-refractivity contribution in [3.05, 3.63) is 36.2 Å². The average molecular weight is 335 g/mol. The number of thioether (sulfide) groups is 1. The van der Waals surface area contributed by atoms with Crippen molar-refractivity contribution in [2.24, 2.45) is 0 Å². The lowest BCUT2D eigenvalue weighted by atomic mass is 10.3. The SMILES string of the molecule is CCc1nc(SCC(=O)NNC(=O)COc2ccccc2)n[nH]1. The van der Waals surface area contributed by atoms with E-state index in [2.05, 4.69) is 26.0 Å². The van der Waals surface area contributed by atoms with Gasteiger partial charge < -0.3 is 4.74 Å². The van der Waals surface area contributed by atoms with E-state index in [1.807, 2.05) is 13.0 Å². The van der Waals surface area contributed by atoms with Gasteiger partial charge in [0, 0.05) is 6.42 Å². The molecule has 2 rings (SSSR count). The van der Waals surface area contributed by atoms with Gasteiger partial charge >= 0.3 is 0 Å². The summed E-state index contributed by atoms with van der Waals surface area (Å²) in [7, 11) is 0. The number of H-pyrrole nitrogens is 1. The molecular formula is C14H17N5O3S. The minimum atomic E-state index is -0.446. The number of hydrogen-bond acceptors (Lipinski definition) is 6. The summed E-state index contributed by atoms with van der Waals surface area (Å²) >= 11 is 1.18. The monoisotopic (exact) mass is 335 g/mol. The number of amides is 2. The van der Waals surface area contributed by atoms with Gasteiger partial charge in [0.1, 0.15) is 11.6 Å². The number of nitrogens with one attached hydrogen (secondary N) is 3. The fraction of sp³-hybridized carbons (Fsp3) is 0.286. The second kappa shape index (κ2) is 8.79. The van der Waals surface area contributed by atoms with Gasteiger partial charge in [0.15, 0.2) is 6.61 Å². The van der Waals surface area contributed by atoms with Crippen LogP contribution in [0.3, 0.4) is 0 Å². The number of aromatic amines is 1. The molecule has 1 heterocycles. The van der Waals surface area contributed by atoms with E-state index in [0.717, 1.165) is 12.2 Å². The summed E-state index contributed by atoms with van der Waals surface area (Å²) in [6.07, 6.45) is 0.747. The van der Waals surface area contributed by atoms with Crippen molar-refractivity contribution in [1.29, 1.82) is 0 Å². The number of nitrogens with zero attached hydrogens (tertiary/aromatic N) is 2. The number of ether oxygens (including phenoxy) is 1. The molecule has 0 bridgehead atoms. The standard InChI is InChI=1S/C14H17N5O3S/c1-2-11-15-14(19-16-11)23-9-13(21)18-17-12(20)8-22-10-6-4-3-5-7-10/h3-7H,2,8-9H2,1H3,(H,17,20)(H,18,21)(H,15,16,19). The molecule has 9 heteroatoms. The molecule has 0 saturated heterocycles. The predicted octanol–water partition coefficient (Wildman–Crippen LogP) is 0.686. The minimum absolute atomic E-state index is 0.0980. The van der Waals surface area contributed by atoms with Crippen molar-refractivity contribution >= 4 is 23.6 Å². The third kappa shape index (κ3) is 5.99. The molecule has 2 aromatic rings. The van der Waals surface area contributed by atoms with Crippen molar-refractivity contribution in [3.8, 4) is 5.75 Å². The Morgan fingerprint density at radius 2 is 1.96 bits per heavy atom. The van der Waals surface area contributed by atoms with Crippen LogP contribution in [0.4, 0.5) is 0 Å². The van der Waals surface area contributed by atoms with E-state index >= 15 is 0 Å². The molecule has 23 heavy (non-hydrogen) atoms. The zero-order valence-electron chi connectivity index (χ0n) is 12.5. The number of benzene rings is 1. The van der Waals surface area contributed by atoms with Crippen LogP contribution in [-0.2, 0) is 16.0 Å². The van der Waals surface area contributed by atoms with Crippen LogP contribution in [0, 0.1) is 0 Å². The van der Waals surface area contributed by atoms with Crippen LogP contribution in [0.25, 0.3) is 0 Å². The molecule has 8 nitrogen and oxygen atoms in total. The molecular weight excluding hydrogens is 318 g/mol. The van der Waals surface area contributed by atoms with Crippen LogP contribution in [0.15, 0.2) is 35.5 Å². The van der Waals surface area contributed by atoms with Crippen LogP contribution in [0.1, 0.15) is 12.7 Å². The lowest BCUT2D eigenvalue weighted by Crippen LogP contribution is -2.44. The summed E-state index contributed by atoms with van der Waals surface area (Å²) in [5, 5.41) is 7.21. The van der Waals surface area contributed by atoms with Crippen molar-refractivity contribution in [2.75, 3.05) is 12.4 Å². The van der Waals surface area contributed by atoms with E-state index in [1.54, 1.807) is 24.3 Å². The minimum Gasteiger partial charge on any atom is -0.484 e. The Labute approximate surface area is 137 Å². The summed E-state index contributed by atoms with van der Waals surface area (Å²) in [6, 6.07) is 8.94. The number of aryl methyl sites for hydroxylation is 1. The largest absolute Gasteiger partial charge is 0.484 e. The molecule has 122 valence electrons. The summed E-state index contributed by atoms with van der Waals surface area (Å²) in [5.74, 6) is 0.644. The Kier molecular flexibility index (Phi) is 6.42. The van der Waals surface area contributed by atoms with Crippen molar-refractivity contribution in [3.63, 3.8) is 0 Å². The average Bonchev–Trinajstić information content (AvgIpc) is 3.05. The van der Waals surface area contributed by atoms with Crippen molar-refractivity contribution in [2.45, 2.75) is 18.5 Å². The predicted molar refractivity (Wildman–Crippen MR) is 84.7 cm³/mol. The van der Waals surface area contributed by atoms with E-state index in [-0.39, 0.29) is 18.3 Å². The molecule has 0 aliphatic rings. The lowest BCUT2D eigenvalue weighted by molar-refractivity contribution is -0.128. The Balaban J connectivity index is 1.62. The smallest absolute Gasteiger partial charge is 0.276 e. The highest BCUT2D eigenvalue weighted by molar-refractivity contribution is 7.99. The van der Waals surface area contributed by atoms with Crippen LogP contribution in [0.2, 0.25) is 0 Å². The van der Waals surface area contributed by atoms with Crippen LogP contribution >= 0.6 is 11.8 Å². The van der Waals surface area contributed by atoms with Gasteiger partial charge in [-0.15, -0.1) is 5.10 Å². The first-order valence-electron chi connectivity index (χ1n) is 6.97. The van der Waals surface area contributed by atoms with Crippen molar-refractivity contribution < 1.29 is 14.3 Å². The van der Waals surface area contributed by atoms with Gasteiger partial charge in [-0.2, -0.15) is 0 Å². The second-order valence-corrected chi connectivity index (χ2v) is 5.35. The van der Waals surface area contributed by atoms with E-state index < -0.39 is 5.91 Å². The maximum Gasteiger partial charge on any atom is 0.276 e. The van der Waals surface area contributed by atoms with E-state index in [1.165, 1.54) is 11.8 Å². The molecule has 3 N–H and O–H groups in total. The molecule has 0 aliphatic carbocycles. The van der Waals surface area contributed by atoms with Crippen LogP contribution in [0.5, 0.6) is 5.75 Å². The first-order valence-corrected chi connectivity index (χ1v) is 7.95. The topological polar surface area (TPSA) is 109 Å². The molecule has 0 spiro atoms. The number of carbonyl (C=O) groups excluding carboxylic acids is 2. The van der Waals surface area contributed by atoms with Gasteiger partial charge in [-0.1, -0.05) is 36.9 Å².